The maximum Gasteiger partial charge on any atom is 0.255 e. The number of sulfone groups is 1. The summed E-state index contributed by atoms with van der Waals surface area (Å²) in [4.78, 5) is 30.7. The Labute approximate surface area is 157 Å². The van der Waals surface area contributed by atoms with Crippen molar-refractivity contribution in [3.8, 4) is 0 Å². The summed E-state index contributed by atoms with van der Waals surface area (Å²) in [7, 11) is -3.10. The van der Waals surface area contributed by atoms with E-state index in [1.807, 2.05) is 0 Å². The summed E-state index contributed by atoms with van der Waals surface area (Å²) >= 11 is 0. The lowest BCUT2D eigenvalue weighted by molar-refractivity contribution is 0.0708. The molecular weight excluding hydrogens is 370 g/mol. The molecule has 1 unspecified atom stereocenters. The topological polar surface area (TPSA) is 110 Å². The van der Waals surface area contributed by atoms with Gasteiger partial charge in [0.2, 0.25) is 0 Å². The van der Waals surface area contributed by atoms with Crippen molar-refractivity contribution in [2.45, 2.75) is 25.9 Å². The van der Waals surface area contributed by atoms with E-state index in [9.17, 15) is 18.0 Å². The number of hydrogen-bond donors (Lipinski definition) is 1. The smallest absolute Gasteiger partial charge is 0.255 e. The van der Waals surface area contributed by atoms with Gasteiger partial charge in [-0.3, -0.25) is 14.6 Å². The largest absolute Gasteiger partial charge is 0.467 e. The third-order valence-corrected chi connectivity index (χ3v) is 6.25. The van der Waals surface area contributed by atoms with Crippen LogP contribution in [0.3, 0.4) is 0 Å². The summed E-state index contributed by atoms with van der Waals surface area (Å²) in [6.45, 7) is 2.41. The predicted molar refractivity (Wildman–Crippen MR) is 97.9 cm³/mol. The minimum atomic E-state index is -3.10. The van der Waals surface area contributed by atoms with Gasteiger partial charge in [-0.05, 0) is 31.5 Å². The molecule has 0 aliphatic carbocycles. The number of nitrogens with one attached hydrogen (secondary N) is 1. The van der Waals surface area contributed by atoms with Gasteiger partial charge in [0, 0.05) is 25.0 Å². The second-order valence-electron chi connectivity index (χ2n) is 6.37. The number of amides is 2. The third-order valence-electron chi connectivity index (χ3n) is 4.50. The lowest BCUT2D eigenvalue weighted by Gasteiger charge is -2.26. The third kappa shape index (κ3) is 4.54. The van der Waals surface area contributed by atoms with Gasteiger partial charge in [-0.2, -0.15) is 0 Å². The minimum absolute atomic E-state index is 0.0245. The number of hydrogen-bond acceptors (Lipinski definition) is 6. The fourth-order valence-electron chi connectivity index (χ4n) is 3.12. The average Bonchev–Trinajstić information content (AvgIpc) is 3.30. The summed E-state index contributed by atoms with van der Waals surface area (Å²) in [5.74, 6) is -0.0194. The van der Waals surface area contributed by atoms with E-state index in [2.05, 4.69) is 10.3 Å². The zero-order chi connectivity index (χ0) is 19.4. The van der Waals surface area contributed by atoms with Crippen LogP contribution in [0.4, 0.5) is 0 Å². The van der Waals surface area contributed by atoms with Crippen LogP contribution in [-0.2, 0) is 16.4 Å². The van der Waals surface area contributed by atoms with Crippen molar-refractivity contribution >= 4 is 21.7 Å². The molecule has 1 N–H and O–H groups in total. The maximum absolute atomic E-state index is 12.8. The van der Waals surface area contributed by atoms with E-state index in [-0.39, 0.29) is 47.0 Å². The fraction of sp³-hybridized carbons (Fsp3) is 0.389. The van der Waals surface area contributed by atoms with E-state index in [1.54, 1.807) is 19.1 Å². The highest BCUT2D eigenvalue weighted by Gasteiger charge is 2.34. The molecule has 1 atom stereocenters. The van der Waals surface area contributed by atoms with Gasteiger partial charge in [0.05, 0.1) is 35.4 Å². The zero-order valence-electron chi connectivity index (χ0n) is 14.9. The van der Waals surface area contributed by atoms with E-state index < -0.39 is 9.84 Å². The number of nitrogens with zero attached hydrogens (tertiary/aromatic N) is 2. The Morgan fingerprint density at radius 2 is 2.11 bits per heavy atom. The van der Waals surface area contributed by atoms with Crippen LogP contribution in [0.15, 0.2) is 41.3 Å². The van der Waals surface area contributed by atoms with Gasteiger partial charge in [0.25, 0.3) is 11.8 Å². The van der Waals surface area contributed by atoms with Crippen molar-refractivity contribution in [2.24, 2.45) is 0 Å². The quantitative estimate of drug-likeness (QED) is 0.794. The molecule has 0 bridgehead atoms. The van der Waals surface area contributed by atoms with E-state index in [1.165, 1.54) is 29.6 Å². The molecule has 3 heterocycles. The highest BCUT2D eigenvalue weighted by Crippen LogP contribution is 2.20. The Kier molecular flexibility index (Phi) is 5.59. The van der Waals surface area contributed by atoms with Crippen molar-refractivity contribution in [3.05, 3.63) is 53.7 Å². The number of furan rings is 1. The number of carbonyl (C=O) groups is 2. The van der Waals surface area contributed by atoms with Crippen molar-refractivity contribution in [3.63, 3.8) is 0 Å². The summed E-state index contributed by atoms with van der Waals surface area (Å²) in [5, 5.41) is 2.70. The minimum Gasteiger partial charge on any atom is -0.467 e. The fourth-order valence-corrected chi connectivity index (χ4v) is 4.85. The molecule has 144 valence electrons. The molecule has 2 amide bonds. The monoisotopic (exact) mass is 391 g/mol. The van der Waals surface area contributed by atoms with Crippen LogP contribution in [0.2, 0.25) is 0 Å². The van der Waals surface area contributed by atoms with Crippen molar-refractivity contribution in [2.75, 3.05) is 18.1 Å². The Bertz CT molecular complexity index is 924. The molecule has 1 aliphatic heterocycles. The van der Waals surface area contributed by atoms with Gasteiger partial charge in [0.1, 0.15) is 5.76 Å². The van der Waals surface area contributed by atoms with E-state index in [0.717, 1.165) is 0 Å². The number of carbonyl (C=O) groups excluding carboxylic acids is 2. The molecule has 1 aliphatic rings. The van der Waals surface area contributed by atoms with E-state index in [4.69, 9.17) is 4.42 Å². The molecule has 0 aromatic carbocycles. The molecule has 2 aromatic heterocycles. The standard InChI is InChI=1S/C18H21N3O5S/c1-2-21(15-5-7-27(24,25)12-15)18(23)14-8-13(9-19-10-14)17(22)20-11-16-4-3-6-26-16/h3-4,6,8-10,15H,2,5,7,11-12H2,1H3,(H,20,22). The van der Waals surface area contributed by atoms with Crippen molar-refractivity contribution in [1.82, 2.24) is 15.2 Å². The molecule has 1 saturated heterocycles. The second kappa shape index (κ2) is 7.91. The van der Waals surface area contributed by atoms with Gasteiger partial charge in [-0.1, -0.05) is 0 Å². The summed E-state index contributed by atoms with van der Waals surface area (Å²) in [6, 6.07) is 4.60. The van der Waals surface area contributed by atoms with E-state index in [0.29, 0.717) is 18.7 Å². The van der Waals surface area contributed by atoms with Crippen LogP contribution in [0, 0.1) is 0 Å². The zero-order valence-corrected chi connectivity index (χ0v) is 15.7. The average molecular weight is 391 g/mol. The van der Waals surface area contributed by atoms with Crippen LogP contribution in [0.1, 0.15) is 39.8 Å². The van der Waals surface area contributed by atoms with Crippen LogP contribution < -0.4 is 5.32 Å². The first kappa shape index (κ1) is 19.1. The first-order chi connectivity index (χ1) is 12.9. The lowest BCUT2D eigenvalue weighted by atomic mass is 10.1. The van der Waals surface area contributed by atoms with Gasteiger partial charge >= 0.3 is 0 Å². The first-order valence-electron chi connectivity index (χ1n) is 8.66. The lowest BCUT2D eigenvalue weighted by Crippen LogP contribution is -2.41. The molecule has 0 spiro atoms. The van der Waals surface area contributed by atoms with Gasteiger partial charge in [-0.25, -0.2) is 8.42 Å². The summed E-state index contributed by atoms with van der Waals surface area (Å²) in [5.41, 5.74) is 0.509. The first-order valence-corrected chi connectivity index (χ1v) is 10.5. The van der Waals surface area contributed by atoms with Crippen LogP contribution in [0.5, 0.6) is 0 Å². The van der Waals surface area contributed by atoms with E-state index >= 15 is 0 Å². The Morgan fingerprint density at radius 3 is 2.74 bits per heavy atom. The van der Waals surface area contributed by atoms with Gasteiger partial charge in [-0.15, -0.1) is 0 Å². The Balaban J connectivity index is 1.71. The molecule has 0 saturated carbocycles. The predicted octanol–water partition coefficient (Wildman–Crippen LogP) is 1.25. The maximum atomic E-state index is 12.8. The van der Waals surface area contributed by atoms with Crippen LogP contribution >= 0.6 is 0 Å². The summed E-state index contributed by atoms with van der Waals surface area (Å²) in [6.07, 6.45) is 4.71. The second-order valence-corrected chi connectivity index (χ2v) is 8.60. The summed E-state index contributed by atoms with van der Waals surface area (Å²) < 4.78 is 28.6. The molecule has 27 heavy (non-hydrogen) atoms. The number of pyridine rings is 1. The van der Waals surface area contributed by atoms with Gasteiger partial charge in [0.15, 0.2) is 9.84 Å². The Morgan fingerprint density at radius 1 is 1.33 bits per heavy atom. The van der Waals surface area contributed by atoms with Crippen LogP contribution in [0.25, 0.3) is 0 Å². The number of rotatable bonds is 6. The highest BCUT2D eigenvalue weighted by atomic mass is 32.2. The number of aromatic nitrogens is 1. The molecule has 1 fully saturated rings. The molecular formula is C18H21N3O5S. The SMILES string of the molecule is CCN(C(=O)c1cncc(C(=O)NCc2ccco2)c1)C1CCS(=O)(=O)C1. The van der Waals surface area contributed by atoms with Crippen molar-refractivity contribution in [1.29, 1.82) is 0 Å². The van der Waals surface area contributed by atoms with Crippen molar-refractivity contribution < 1.29 is 22.4 Å². The van der Waals surface area contributed by atoms with Gasteiger partial charge < -0.3 is 14.6 Å². The molecule has 2 aromatic rings. The normalized spacial score (nSPS) is 18.2. The molecule has 8 nitrogen and oxygen atoms in total. The molecule has 9 heteroatoms. The molecule has 0 radical (unpaired) electrons. The highest BCUT2D eigenvalue weighted by molar-refractivity contribution is 7.91. The molecule has 3 rings (SSSR count). The Hall–Kier alpha value is -2.68. The van der Waals surface area contributed by atoms with Crippen LogP contribution in [-0.4, -0.2) is 54.2 Å².